The predicted octanol–water partition coefficient (Wildman–Crippen LogP) is -3.27. The van der Waals surface area contributed by atoms with Gasteiger partial charge in [0.1, 0.15) is 0 Å². The zero-order chi connectivity index (χ0) is 7.49. The van der Waals surface area contributed by atoms with Gasteiger partial charge in [0.2, 0.25) is 0 Å². The molecular formula is C4H12NNaO3S. The van der Waals surface area contributed by atoms with E-state index in [1.165, 1.54) is 0 Å². The fourth-order valence-corrected chi connectivity index (χ4v) is 1.00. The summed E-state index contributed by atoms with van der Waals surface area (Å²) >= 11 is 0. The summed E-state index contributed by atoms with van der Waals surface area (Å²) in [4.78, 5) is 0. The molecule has 0 radical (unpaired) electrons. The van der Waals surface area contributed by atoms with Gasteiger partial charge in [-0.2, -0.15) is 8.42 Å². The molecule has 0 saturated heterocycles. The van der Waals surface area contributed by atoms with E-state index in [1.54, 1.807) is 6.92 Å². The fourth-order valence-electron chi connectivity index (χ4n) is 0.335. The molecule has 10 heavy (non-hydrogen) atoms. The van der Waals surface area contributed by atoms with Crippen molar-refractivity contribution >= 4 is 10.1 Å². The molecule has 0 spiro atoms. The second-order valence-corrected chi connectivity index (χ2v) is 3.62. The van der Waals surface area contributed by atoms with E-state index in [0.717, 1.165) is 0 Å². The van der Waals surface area contributed by atoms with E-state index in [4.69, 9.17) is 10.3 Å². The van der Waals surface area contributed by atoms with E-state index >= 15 is 0 Å². The topological polar surface area (TPSA) is 80.4 Å². The molecule has 0 aliphatic heterocycles. The molecule has 3 N–H and O–H groups in total. The van der Waals surface area contributed by atoms with Crippen molar-refractivity contribution in [3.8, 4) is 0 Å². The summed E-state index contributed by atoms with van der Waals surface area (Å²) in [6.07, 6.45) is 0.304. The van der Waals surface area contributed by atoms with Crippen LogP contribution in [0.3, 0.4) is 0 Å². The summed E-state index contributed by atoms with van der Waals surface area (Å²) in [6, 6.07) is -0.174. The van der Waals surface area contributed by atoms with Crippen molar-refractivity contribution < 1.29 is 44.0 Å². The maximum Gasteiger partial charge on any atom is 1.00 e. The molecule has 0 bridgehead atoms. The third kappa shape index (κ3) is 11.6. The zero-order valence-corrected chi connectivity index (χ0v) is 9.06. The summed E-state index contributed by atoms with van der Waals surface area (Å²) in [6.45, 7) is 1.69. The van der Waals surface area contributed by atoms with Crippen LogP contribution in [0.15, 0.2) is 0 Å². The zero-order valence-electron chi connectivity index (χ0n) is 7.24. The fraction of sp³-hybridized carbons (Fsp3) is 1.00. The predicted molar refractivity (Wildman–Crippen MR) is 35.8 cm³/mol. The van der Waals surface area contributed by atoms with E-state index in [1.807, 2.05) is 0 Å². The molecule has 1 atom stereocenters. The van der Waals surface area contributed by atoms with Crippen LogP contribution in [0, 0.1) is 0 Å². The second-order valence-electron chi connectivity index (χ2n) is 2.05. The van der Waals surface area contributed by atoms with Crippen molar-refractivity contribution in [3.05, 3.63) is 0 Å². The van der Waals surface area contributed by atoms with Gasteiger partial charge in [-0.15, -0.1) is 0 Å². The smallest absolute Gasteiger partial charge is 1.00 e. The van der Waals surface area contributed by atoms with Gasteiger partial charge in [-0.3, -0.25) is 4.55 Å². The van der Waals surface area contributed by atoms with Crippen LogP contribution in [0.4, 0.5) is 0 Å². The summed E-state index contributed by atoms with van der Waals surface area (Å²) < 4.78 is 28.3. The van der Waals surface area contributed by atoms with Crippen LogP contribution in [0.2, 0.25) is 0 Å². The van der Waals surface area contributed by atoms with Gasteiger partial charge in [-0.1, -0.05) is 0 Å². The normalized spacial score (nSPS) is 13.9. The van der Waals surface area contributed by atoms with E-state index < -0.39 is 10.1 Å². The molecule has 1 unspecified atom stereocenters. The molecule has 0 aliphatic rings. The van der Waals surface area contributed by atoms with Crippen molar-refractivity contribution in [2.75, 3.05) is 5.75 Å². The Balaban J connectivity index is -0.000000320. The quantitative estimate of drug-likeness (QED) is 0.350. The third-order valence-electron chi connectivity index (χ3n) is 0.831. The van der Waals surface area contributed by atoms with E-state index in [0.29, 0.717) is 6.42 Å². The van der Waals surface area contributed by atoms with E-state index in [-0.39, 0.29) is 42.8 Å². The van der Waals surface area contributed by atoms with E-state index in [9.17, 15) is 8.42 Å². The molecule has 0 aliphatic carbocycles. The first-order valence-corrected chi connectivity index (χ1v) is 4.23. The summed E-state index contributed by atoms with van der Waals surface area (Å²) in [5.74, 6) is -0.245. The summed E-state index contributed by atoms with van der Waals surface area (Å²) in [5, 5.41) is 0. The molecule has 0 rings (SSSR count). The van der Waals surface area contributed by atoms with Gasteiger partial charge in [0.25, 0.3) is 10.1 Å². The molecule has 0 saturated carbocycles. The molecule has 6 heteroatoms. The Bertz CT molecular complexity index is 170. The molecule has 0 aromatic heterocycles. The maximum absolute atomic E-state index is 10.0. The number of hydrogen-bond donors (Lipinski definition) is 2. The second kappa shape index (κ2) is 5.51. The molecular weight excluding hydrogens is 165 g/mol. The first-order chi connectivity index (χ1) is 3.92. The Morgan fingerprint density at radius 3 is 2.20 bits per heavy atom. The first-order valence-electron chi connectivity index (χ1n) is 2.62. The summed E-state index contributed by atoms with van der Waals surface area (Å²) in [7, 11) is -3.80. The minimum atomic E-state index is -3.80. The van der Waals surface area contributed by atoms with Gasteiger partial charge in [0.05, 0.1) is 5.75 Å². The third-order valence-corrected chi connectivity index (χ3v) is 1.58. The van der Waals surface area contributed by atoms with Gasteiger partial charge in [-0.05, 0) is 13.3 Å². The van der Waals surface area contributed by atoms with Crippen LogP contribution >= 0.6 is 0 Å². The van der Waals surface area contributed by atoms with Gasteiger partial charge in [0.15, 0.2) is 0 Å². The molecule has 0 heterocycles. The van der Waals surface area contributed by atoms with Gasteiger partial charge >= 0.3 is 29.6 Å². The van der Waals surface area contributed by atoms with E-state index in [2.05, 4.69) is 0 Å². The maximum atomic E-state index is 10.0. The molecule has 0 aromatic carbocycles. The van der Waals surface area contributed by atoms with Crippen molar-refractivity contribution in [2.45, 2.75) is 19.4 Å². The average Bonchev–Trinajstić information content (AvgIpc) is 1.59. The monoisotopic (exact) mass is 177 g/mol. The SMILES string of the molecule is CC(N)CCS(=O)(=O)O.[H-].[Na+]. The van der Waals surface area contributed by atoms with Crippen molar-refractivity contribution in [1.82, 2.24) is 0 Å². The Morgan fingerprint density at radius 2 is 2.10 bits per heavy atom. The van der Waals surface area contributed by atoms with Gasteiger partial charge in [0, 0.05) is 6.04 Å². The van der Waals surface area contributed by atoms with Crippen LogP contribution in [-0.2, 0) is 10.1 Å². The van der Waals surface area contributed by atoms with Crippen LogP contribution in [0.25, 0.3) is 0 Å². The van der Waals surface area contributed by atoms with Crippen molar-refractivity contribution in [1.29, 1.82) is 0 Å². The Hall–Kier alpha value is 0.870. The van der Waals surface area contributed by atoms with Crippen molar-refractivity contribution in [2.24, 2.45) is 5.73 Å². The Labute approximate surface area is 84.7 Å². The van der Waals surface area contributed by atoms with Crippen LogP contribution in [0.5, 0.6) is 0 Å². The number of nitrogens with two attached hydrogens (primary N) is 1. The Morgan fingerprint density at radius 1 is 1.70 bits per heavy atom. The number of hydrogen-bond acceptors (Lipinski definition) is 3. The largest absolute Gasteiger partial charge is 1.00 e. The van der Waals surface area contributed by atoms with Gasteiger partial charge in [-0.25, -0.2) is 0 Å². The molecule has 0 fully saturated rings. The van der Waals surface area contributed by atoms with Crippen LogP contribution in [0.1, 0.15) is 14.8 Å². The minimum absolute atomic E-state index is 0. The van der Waals surface area contributed by atoms with Crippen LogP contribution < -0.4 is 35.3 Å². The summed E-state index contributed by atoms with van der Waals surface area (Å²) in [5.41, 5.74) is 5.22. The van der Waals surface area contributed by atoms with Gasteiger partial charge < -0.3 is 7.16 Å². The molecule has 4 nitrogen and oxygen atoms in total. The Kier molecular flexibility index (Phi) is 7.42. The van der Waals surface area contributed by atoms with Crippen molar-refractivity contribution in [3.63, 3.8) is 0 Å². The molecule has 58 valence electrons. The minimum Gasteiger partial charge on any atom is -1.00 e. The molecule has 0 amide bonds. The van der Waals surface area contributed by atoms with Crippen LogP contribution in [-0.4, -0.2) is 24.8 Å². The standard InChI is InChI=1S/C4H11NO3S.Na.H/c1-4(5)2-3-9(6,7)8;;/h4H,2-3,5H2,1H3,(H,6,7,8);;/q;+1;-1. The molecule has 0 aromatic rings. The number of rotatable bonds is 3. The average molecular weight is 177 g/mol. The first kappa shape index (κ1) is 13.5.